The van der Waals surface area contributed by atoms with Crippen molar-refractivity contribution in [1.29, 1.82) is 0 Å². The summed E-state index contributed by atoms with van der Waals surface area (Å²) in [6, 6.07) is 5.44. The van der Waals surface area contributed by atoms with Gasteiger partial charge < -0.3 is 0 Å². The summed E-state index contributed by atoms with van der Waals surface area (Å²) in [7, 11) is 0. The van der Waals surface area contributed by atoms with Crippen LogP contribution in [0.3, 0.4) is 0 Å². The van der Waals surface area contributed by atoms with Crippen LogP contribution in [0.25, 0.3) is 5.65 Å². The maximum Gasteiger partial charge on any atom is 0.258 e. The molecule has 0 aromatic carbocycles. The number of piperidine rings is 1. The Kier molecular flexibility index (Phi) is 4.13. The summed E-state index contributed by atoms with van der Waals surface area (Å²) in [5, 5.41) is 0. The molecule has 0 unspecified atom stereocenters. The quantitative estimate of drug-likeness (QED) is 0.836. The SMILES string of the molecule is C[C@H]1C[C@H](C)CN(Cc2cc(=O)n3cc(Br)ccc3n2)C1. The topological polar surface area (TPSA) is 37.6 Å². The minimum atomic E-state index is -0.0191. The molecule has 0 bridgehead atoms. The number of halogens is 1. The van der Waals surface area contributed by atoms with Gasteiger partial charge in [-0.25, -0.2) is 4.98 Å². The lowest BCUT2D eigenvalue weighted by molar-refractivity contribution is 0.133. The van der Waals surface area contributed by atoms with Crippen LogP contribution in [-0.2, 0) is 6.54 Å². The van der Waals surface area contributed by atoms with Crippen LogP contribution >= 0.6 is 15.9 Å². The molecule has 4 nitrogen and oxygen atoms in total. The molecule has 0 aliphatic carbocycles. The molecule has 1 aliphatic rings. The Balaban J connectivity index is 1.87. The molecule has 3 rings (SSSR count). The van der Waals surface area contributed by atoms with Crippen LogP contribution in [0.1, 0.15) is 26.0 Å². The lowest BCUT2D eigenvalue weighted by atomic mass is 9.92. The van der Waals surface area contributed by atoms with Gasteiger partial charge in [0.2, 0.25) is 0 Å². The van der Waals surface area contributed by atoms with Crippen LogP contribution in [0, 0.1) is 11.8 Å². The van der Waals surface area contributed by atoms with E-state index in [0.717, 1.165) is 29.8 Å². The molecule has 1 fully saturated rings. The van der Waals surface area contributed by atoms with Crippen molar-refractivity contribution in [2.24, 2.45) is 11.8 Å². The number of nitrogens with zero attached hydrogens (tertiary/aromatic N) is 3. The Morgan fingerprint density at radius 2 is 2.00 bits per heavy atom. The number of pyridine rings is 1. The highest BCUT2D eigenvalue weighted by Gasteiger charge is 2.22. The second-order valence-electron chi connectivity index (χ2n) is 6.30. The molecule has 0 saturated carbocycles. The third-order valence-corrected chi connectivity index (χ3v) is 4.48. The molecule has 2 atom stereocenters. The van der Waals surface area contributed by atoms with Gasteiger partial charge in [-0.2, -0.15) is 0 Å². The first kappa shape index (κ1) is 14.7. The monoisotopic (exact) mass is 349 g/mol. The third-order valence-electron chi connectivity index (χ3n) is 4.01. The van der Waals surface area contributed by atoms with Gasteiger partial charge in [-0.15, -0.1) is 0 Å². The van der Waals surface area contributed by atoms with Crippen molar-refractivity contribution in [2.75, 3.05) is 13.1 Å². The van der Waals surface area contributed by atoms with E-state index in [-0.39, 0.29) is 5.56 Å². The van der Waals surface area contributed by atoms with Crippen LogP contribution in [0.2, 0.25) is 0 Å². The zero-order valence-corrected chi connectivity index (χ0v) is 14.0. The molecule has 112 valence electrons. The van der Waals surface area contributed by atoms with Gasteiger partial charge in [0.15, 0.2) is 0 Å². The Morgan fingerprint density at radius 3 is 2.71 bits per heavy atom. The maximum atomic E-state index is 12.2. The van der Waals surface area contributed by atoms with Gasteiger partial charge in [0.05, 0.1) is 5.69 Å². The molecule has 2 aromatic heterocycles. The first-order chi connectivity index (χ1) is 10.0. The second-order valence-corrected chi connectivity index (χ2v) is 7.22. The molecule has 21 heavy (non-hydrogen) atoms. The normalized spacial score (nSPS) is 23.6. The van der Waals surface area contributed by atoms with Crippen molar-refractivity contribution >= 4 is 21.6 Å². The summed E-state index contributed by atoms with van der Waals surface area (Å²) in [4.78, 5) is 19.2. The number of hydrogen-bond acceptors (Lipinski definition) is 3. The third kappa shape index (κ3) is 3.35. The average Bonchev–Trinajstić information content (AvgIpc) is 2.38. The molecule has 0 amide bonds. The highest BCUT2D eigenvalue weighted by molar-refractivity contribution is 9.10. The summed E-state index contributed by atoms with van der Waals surface area (Å²) in [6.07, 6.45) is 3.05. The smallest absolute Gasteiger partial charge is 0.258 e. The molecule has 0 radical (unpaired) electrons. The van der Waals surface area contributed by atoms with Gasteiger partial charge in [0.1, 0.15) is 5.65 Å². The number of rotatable bonds is 2. The fourth-order valence-electron chi connectivity index (χ4n) is 3.36. The predicted octanol–water partition coefficient (Wildman–Crippen LogP) is 2.93. The largest absolute Gasteiger partial charge is 0.297 e. The van der Waals surface area contributed by atoms with E-state index in [0.29, 0.717) is 17.5 Å². The second kappa shape index (κ2) is 5.89. The Bertz CT molecular complexity index is 702. The van der Waals surface area contributed by atoms with Crippen LogP contribution in [0.15, 0.2) is 33.7 Å². The van der Waals surface area contributed by atoms with E-state index in [9.17, 15) is 4.79 Å². The van der Waals surface area contributed by atoms with Crippen LogP contribution in [0.4, 0.5) is 0 Å². The van der Waals surface area contributed by atoms with Crippen molar-refractivity contribution in [3.05, 3.63) is 44.9 Å². The number of aromatic nitrogens is 2. The molecule has 0 N–H and O–H groups in total. The van der Waals surface area contributed by atoms with Crippen LogP contribution in [0.5, 0.6) is 0 Å². The summed E-state index contributed by atoms with van der Waals surface area (Å²) in [6.45, 7) is 7.53. The number of hydrogen-bond donors (Lipinski definition) is 0. The summed E-state index contributed by atoms with van der Waals surface area (Å²) in [5.74, 6) is 1.43. The number of fused-ring (bicyclic) bond motifs is 1. The fourth-order valence-corrected chi connectivity index (χ4v) is 3.69. The molecule has 1 saturated heterocycles. The summed E-state index contributed by atoms with van der Waals surface area (Å²) in [5.41, 5.74) is 1.55. The fraction of sp³-hybridized carbons (Fsp3) is 0.500. The van der Waals surface area contributed by atoms with Gasteiger partial charge >= 0.3 is 0 Å². The van der Waals surface area contributed by atoms with Crippen LogP contribution < -0.4 is 5.56 Å². The highest BCUT2D eigenvalue weighted by atomic mass is 79.9. The van der Waals surface area contributed by atoms with Gasteiger partial charge in [0, 0.05) is 36.4 Å². The van der Waals surface area contributed by atoms with Crippen molar-refractivity contribution in [3.63, 3.8) is 0 Å². The van der Waals surface area contributed by atoms with Crippen molar-refractivity contribution in [3.8, 4) is 0 Å². The van der Waals surface area contributed by atoms with E-state index in [1.807, 2.05) is 12.1 Å². The molecule has 1 aliphatic heterocycles. The molecule has 5 heteroatoms. The highest BCUT2D eigenvalue weighted by Crippen LogP contribution is 2.22. The van der Waals surface area contributed by atoms with E-state index >= 15 is 0 Å². The van der Waals surface area contributed by atoms with Gasteiger partial charge in [-0.05, 0) is 46.3 Å². The Labute approximate surface area is 132 Å². The van der Waals surface area contributed by atoms with Crippen LogP contribution in [-0.4, -0.2) is 27.4 Å². The molecule has 0 spiro atoms. The van der Waals surface area contributed by atoms with E-state index in [2.05, 4.69) is 39.7 Å². The van der Waals surface area contributed by atoms with Gasteiger partial charge in [-0.1, -0.05) is 13.8 Å². The molecule has 3 heterocycles. The predicted molar refractivity (Wildman–Crippen MR) is 87.4 cm³/mol. The van der Waals surface area contributed by atoms with E-state index < -0.39 is 0 Å². The van der Waals surface area contributed by atoms with E-state index in [1.165, 1.54) is 6.42 Å². The minimum absolute atomic E-state index is 0.0191. The lowest BCUT2D eigenvalue weighted by Gasteiger charge is -2.34. The Morgan fingerprint density at radius 1 is 1.29 bits per heavy atom. The summed E-state index contributed by atoms with van der Waals surface area (Å²) < 4.78 is 2.46. The average molecular weight is 350 g/mol. The molecular formula is C16H20BrN3O. The zero-order valence-electron chi connectivity index (χ0n) is 12.4. The number of likely N-dealkylation sites (tertiary alicyclic amines) is 1. The maximum absolute atomic E-state index is 12.2. The molecule has 2 aromatic rings. The van der Waals surface area contributed by atoms with Crippen molar-refractivity contribution < 1.29 is 0 Å². The van der Waals surface area contributed by atoms with E-state index in [1.54, 1.807) is 16.7 Å². The first-order valence-corrected chi connectivity index (χ1v) is 8.21. The first-order valence-electron chi connectivity index (χ1n) is 7.41. The standard InChI is InChI=1S/C16H20BrN3O/c1-11-5-12(2)8-19(7-11)10-14-6-16(21)20-9-13(17)3-4-15(20)18-14/h3-4,6,9,11-12H,5,7-8,10H2,1-2H3/t11-,12-/m0/s1. The van der Waals surface area contributed by atoms with Crippen molar-refractivity contribution in [2.45, 2.75) is 26.8 Å². The lowest BCUT2D eigenvalue weighted by Crippen LogP contribution is -2.38. The van der Waals surface area contributed by atoms with Gasteiger partial charge in [0.25, 0.3) is 5.56 Å². The van der Waals surface area contributed by atoms with E-state index in [4.69, 9.17) is 0 Å². The molecular weight excluding hydrogens is 330 g/mol. The van der Waals surface area contributed by atoms with Crippen molar-refractivity contribution in [1.82, 2.24) is 14.3 Å². The van der Waals surface area contributed by atoms with Gasteiger partial charge in [-0.3, -0.25) is 14.1 Å². The Hall–Kier alpha value is -1.20. The summed E-state index contributed by atoms with van der Waals surface area (Å²) >= 11 is 3.38. The minimum Gasteiger partial charge on any atom is -0.297 e. The zero-order chi connectivity index (χ0) is 15.0.